The van der Waals surface area contributed by atoms with E-state index < -0.39 is 0 Å². The van der Waals surface area contributed by atoms with E-state index in [9.17, 15) is 9.90 Å². The number of rotatable bonds is 3. The predicted molar refractivity (Wildman–Crippen MR) is 56.9 cm³/mol. The molecule has 2 aliphatic rings. The first kappa shape index (κ1) is 10.9. The van der Waals surface area contributed by atoms with Gasteiger partial charge in [-0.15, -0.1) is 0 Å². The number of nitrogens with zero attached hydrogens (tertiary/aromatic N) is 1. The van der Waals surface area contributed by atoms with Crippen LogP contribution in [0.4, 0.5) is 0 Å². The zero-order chi connectivity index (χ0) is 11.1. The molecule has 0 bridgehead atoms. The van der Waals surface area contributed by atoms with Crippen molar-refractivity contribution in [2.75, 3.05) is 13.2 Å². The monoisotopic (exact) mass is 212 g/mol. The van der Waals surface area contributed by atoms with Crippen LogP contribution >= 0.6 is 0 Å². The number of nitrogens with one attached hydrogen (secondary N) is 1. The third-order valence-corrected chi connectivity index (χ3v) is 3.49. The van der Waals surface area contributed by atoms with E-state index >= 15 is 0 Å². The first-order valence-electron chi connectivity index (χ1n) is 5.66. The maximum Gasteiger partial charge on any atom is 0.238 e. The summed E-state index contributed by atoms with van der Waals surface area (Å²) < 4.78 is 0. The second-order valence-electron chi connectivity index (χ2n) is 5.72. The summed E-state index contributed by atoms with van der Waals surface area (Å²) in [6.07, 6.45) is 4.07. The van der Waals surface area contributed by atoms with Crippen molar-refractivity contribution in [2.45, 2.75) is 45.1 Å². The zero-order valence-corrected chi connectivity index (χ0v) is 9.55. The van der Waals surface area contributed by atoms with Crippen LogP contribution in [0.2, 0.25) is 0 Å². The molecule has 4 nitrogen and oxygen atoms in total. The maximum absolute atomic E-state index is 11.8. The van der Waals surface area contributed by atoms with Crippen LogP contribution in [0.25, 0.3) is 0 Å². The van der Waals surface area contributed by atoms with Crippen molar-refractivity contribution in [3.05, 3.63) is 0 Å². The Labute approximate surface area is 90.6 Å². The Hall–Kier alpha value is -0.610. The molecule has 1 heterocycles. The first-order valence-corrected chi connectivity index (χ1v) is 5.66. The third kappa shape index (κ3) is 2.01. The van der Waals surface area contributed by atoms with Gasteiger partial charge in [0.05, 0.1) is 0 Å². The average Bonchev–Trinajstić information content (AvgIpc) is 2.43. The molecule has 0 atom stereocenters. The lowest BCUT2D eigenvalue weighted by atomic mass is 9.76. The highest BCUT2D eigenvalue weighted by atomic mass is 16.3. The molecule has 2 fully saturated rings. The number of aliphatic hydroxyl groups is 1. The molecule has 0 aromatic rings. The van der Waals surface area contributed by atoms with Gasteiger partial charge in [-0.3, -0.25) is 9.80 Å². The number of amides is 1. The van der Waals surface area contributed by atoms with E-state index in [-0.39, 0.29) is 23.5 Å². The van der Waals surface area contributed by atoms with Gasteiger partial charge in [-0.1, -0.05) is 13.8 Å². The van der Waals surface area contributed by atoms with E-state index in [0.29, 0.717) is 13.0 Å². The molecule has 1 saturated heterocycles. The van der Waals surface area contributed by atoms with Gasteiger partial charge in [0.2, 0.25) is 5.91 Å². The van der Waals surface area contributed by atoms with Gasteiger partial charge in [0.15, 0.2) is 0 Å². The molecule has 86 valence electrons. The Morgan fingerprint density at radius 3 is 2.60 bits per heavy atom. The molecule has 0 radical (unpaired) electrons. The fraction of sp³-hybridized carbons (Fsp3) is 0.909. The van der Waals surface area contributed by atoms with Crippen molar-refractivity contribution >= 4 is 5.91 Å². The van der Waals surface area contributed by atoms with Crippen LogP contribution in [0.1, 0.15) is 39.5 Å². The minimum atomic E-state index is -0.224. The standard InChI is InChI=1S/C11H20N2O2/c1-10(2,8-14)7-13-9(15)6-11(12-13)4-3-5-11/h12,14H,3-8H2,1-2H3. The highest BCUT2D eigenvalue weighted by Crippen LogP contribution is 2.39. The fourth-order valence-electron chi connectivity index (χ4n) is 2.27. The van der Waals surface area contributed by atoms with Crippen LogP contribution in [-0.2, 0) is 4.79 Å². The smallest absolute Gasteiger partial charge is 0.238 e. The number of hydrogen-bond donors (Lipinski definition) is 2. The zero-order valence-electron chi connectivity index (χ0n) is 9.55. The average molecular weight is 212 g/mol. The van der Waals surface area contributed by atoms with Crippen LogP contribution in [0.15, 0.2) is 0 Å². The summed E-state index contributed by atoms with van der Waals surface area (Å²) in [7, 11) is 0. The van der Waals surface area contributed by atoms with Gasteiger partial charge in [0, 0.05) is 30.5 Å². The molecule has 4 heteroatoms. The lowest BCUT2D eigenvalue weighted by Gasteiger charge is -2.39. The summed E-state index contributed by atoms with van der Waals surface area (Å²) in [5, 5.41) is 10.9. The number of carbonyl (C=O) groups excluding carboxylic acids is 1. The van der Waals surface area contributed by atoms with Crippen LogP contribution in [0, 0.1) is 5.41 Å². The molecule has 2 rings (SSSR count). The van der Waals surface area contributed by atoms with Gasteiger partial charge in [0.1, 0.15) is 0 Å². The van der Waals surface area contributed by atoms with E-state index in [1.165, 1.54) is 6.42 Å². The van der Waals surface area contributed by atoms with E-state index in [1.54, 1.807) is 5.01 Å². The van der Waals surface area contributed by atoms with Gasteiger partial charge in [-0.25, -0.2) is 5.43 Å². The molecule has 0 unspecified atom stereocenters. The number of aliphatic hydroxyl groups excluding tert-OH is 1. The fourth-order valence-corrected chi connectivity index (χ4v) is 2.27. The molecule has 2 N–H and O–H groups in total. The van der Waals surface area contributed by atoms with E-state index in [1.807, 2.05) is 13.8 Å². The van der Waals surface area contributed by atoms with E-state index in [2.05, 4.69) is 5.43 Å². The summed E-state index contributed by atoms with van der Waals surface area (Å²) in [6, 6.07) is 0. The lowest BCUT2D eigenvalue weighted by molar-refractivity contribution is -0.131. The summed E-state index contributed by atoms with van der Waals surface area (Å²) in [6.45, 7) is 4.62. The number of carbonyl (C=O) groups is 1. The van der Waals surface area contributed by atoms with Gasteiger partial charge in [-0.05, 0) is 19.3 Å². The van der Waals surface area contributed by atoms with Crippen molar-refractivity contribution in [3.63, 3.8) is 0 Å². The second-order valence-corrected chi connectivity index (χ2v) is 5.72. The molecular weight excluding hydrogens is 192 g/mol. The number of hydrogen-bond acceptors (Lipinski definition) is 3. The SMILES string of the molecule is CC(C)(CO)CN1NC2(CCC2)CC1=O. The van der Waals surface area contributed by atoms with Crippen molar-refractivity contribution in [2.24, 2.45) is 5.41 Å². The van der Waals surface area contributed by atoms with E-state index in [4.69, 9.17) is 0 Å². The lowest BCUT2D eigenvalue weighted by Crippen LogP contribution is -2.52. The van der Waals surface area contributed by atoms with Crippen molar-refractivity contribution in [1.82, 2.24) is 10.4 Å². The first-order chi connectivity index (χ1) is 6.96. The van der Waals surface area contributed by atoms with Gasteiger partial charge >= 0.3 is 0 Å². The quantitative estimate of drug-likeness (QED) is 0.722. The molecule has 0 aromatic heterocycles. The molecular formula is C11H20N2O2. The van der Waals surface area contributed by atoms with Crippen molar-refractivity contribution < 1.29 is 9.90 Å². The normalized spacial score (nSPS) is 24.7. The molecule has 15 heavy (non-hydrogen) atoms. The molecule has 1 spiro atoms. The summed E-state index contributed by atoms with van der Waals surface area (Å²) >= 11 is 0. The van der Waals surface area contributed by atoms with Crippen molar-refractivity contribution in [1.29, 1.82) is 0 Å². The van der Waals surface area contributed by atoms with Crippen LogP contribution in [0.5, 0.6) is 0 Å². The Kier molecular flexibility index (Phi) is 2.51. The number of hydrazine groups is 1. The molecule has 1 aliphatic carbocycles. The van der Waals surface area contributed by atoms with Crippen LogP contribution in [-0.4, -0.2) is 34.7 Å². The Morgan fingerprint density at radius 1 is 1.53 bits per heavy atom. The third-order valence-electron chi connectivity index (χ3n) is 3.49. The predicted octanol–water partition coefficient (Wildman–Crippen LogP) is 0.664. The molecule has 1 amide bonds. The Balaban J connectivity index is 1.96. The van der Waals surface area contributed by atoms with Crippen LogP contribution < -0.4 is 5.43 Å². The van der Waals surface area contributed by atoms with Crippen LogP contribution in [0.3, 0.4) is 0 Å². The minimum Gasteiger partial charge on any atom is -0.396 e. The summed E-state index contributed by atoms with van der Waals surface area (Å²) in [5.41, 5.74) is 3.16. The van der Waals surface area contributed by atoms with Gasteiger partial charge in [-0.2, -0.15) is 0 Å². The molecule has 0 aromatic carbocycles. The Bertz CT molecular complexity index is 272. The maximum atomic E-state index is 11.8. The second kappa shape index (κ2) is 3.46. The Morgan fingerprint density at radius 2 is 2.20 bits per heavy atom. The van der Waals surface area contributed by atoms with Gasteiger partial charge in [0.25, 0.3) is 0 Å². The molecule has 1 aliphatic heterocycles. The topological polar surface area (TPSA) is 52.6 Å². The summed E-state index contributed by atoms with van der Waals surface area (Å²) in [4.78, 5) is 11.8. The van der Waals surface area contributed by atoms with Crippen molar-refractivity contribution in [3.8, 4) is 0 Å². The summed E-state index contributed by atoms with van der Waals surface area (Å²) in [5.74, 6) is 0.177. The largest absolute Gasteiger partial charge is 0.396 e. The molecule has 1 saturated carbocycles. The highest BCUT2D eigenvalue weighted by Gasteiger charge is 2.47. The highest BCUT2D eigenvalue weighted by molar-refractivity contribution is 5.79. The van der Waals surface area contributed by atoms with Gasteiger partial charge < -0.3 is 5.11 Å². The van der Waals surface area contributed by atoms with E-state index in [0.717, 1.165) is 12.8 Å². The minimum absolute atomic E-state index is 0.0720.